The van der Waals surface area contributed by atoms with E-state index in [1.807, 2.05) is 18.5 Å². The fourth-order valence-electron chi connectivity index (χ4n) is 1.57. The zero-order chi connectivity index (χ0) is 14.1. The maximum Gasteiger partial charge on any atom is 0.315 e. The van der Waals surface area contributed by atoms with Crippen molar-refractivity contribution in [3.63, 3.8) is 0 Å². The molecule has 19 heavy (non-hydrogen) atoms. The van der Waals surface area contributed by atoms with E-state index in [1.165, 1.54) is 0 Å². The zero-order valence-electron chi connectivity index (χ0n) is 11.6. The van der Waals surface area contributed by atoms with Crippen LogP contribution in [0.1, 0.15) is 18.8 Å². The molecule has 1 heterocycles. The Kier molecular flexibility index (Phi) is 6.83. The van der Waals surface area contributed by atoms with E-state index in [0.717, 1.165) is 6.54 Å². The van der Waals surface area contributed by atoms with Crippen molar-refractivity contribution in [3.05, 3.63) is 12.2 Å². The summed E-state index contributed by atoms with van der Waals surface area (Å²) in [5, 5.41) is 16.4. The third kappa shape index (κ3) is 5.23. The van der Waals surface area contributed by atoms with Crippen LogP contribution in [0.4, 0.5) is 4.79 Å². The highest BCUT2D eigenvalue weighted by Crippen LogP contribution is 2.08. The number of nitrogens with zero attached hydrogens (tertiary/aromatic N) is 3. The molecule has 0 aromatic carbocycles. The molecule has 0 fully saturated rings. The van der Waals surface area contributed by atoms with Gasteiger partial charge in [-0.1, -0.05) is 0 Å². The van der Waals surface area contributed by atoms with Crippen molar-refractivity contribution >= 4 is 6.03 Å². The van der Waals surface area contributed by atoms with Gasteiger partial charge in [0.15, 0.2) is 5.82 Å². The van der Waals surface area contributed by atoms with Gasteiger partial charge in [-0.15, -0.1) is 10.2 Å². The summed E-state index contributed by atoms with van der Waals surface area (Å²) in [4.78, 5) is 11.6. The molecule has 1 rings (SSSR count). The molecular formula is C11H22N6O2. The zero-order valence-corrected chi connectivity index (χ0v) is 11.6. The molecule has 0 aliphatic carbocycles. The smallest absolute Gasteiger partial charge is 0.315 e. The molecule has 1 aromatic rings. The maximum absolute atomic E-state index is 11.6. The molecule has 0 unspecified atom stereocenters. The first-order chi connectivity index (χ1) is 9.19. The van der Waals surface area contributed by atoms with Gasteiger partial charge in [-0.05, 0) is 14.0 Å². The monoisotopic (exact) mass is 270 g/mol. The molecule has 0 spiro atoms. The van der Waals surface area contributed by atoms with Gasteiger partial charge >= 0.3 is 6.03 Å². The average Bonchev–Trinajstić information content (AvgIpc) is 2.85. The van der Waals surface area contributed by atoms with E-state index >= 15 is 0 Å². The molecule has 8 heteroatoms. The molecule has 1 aromatic heterocycles. The number of hydrogen-bond donors (Lipinski definition) is 3. The number of amides is 2. The van der Waals surface area contributed by atoms with E-state index in [2.05, 4.69) is 26.1 Å². The van der Waals surface area contributed by atoms with E-state index in [-0.39, 0.29) is 12.1 Å². The second kappa shape index (κ2) is 8.44. The van der Waals surface area contributed by atoms with Gasteiger partial charge in [-0.3, -0.25) is 0 Å². The summed E-state index contributed by atoms with van der Waals surface area (Å²) in [6, 6.07) is -0.432. The number of likely N-dealkylation sites (N-methyl/N-ethyl adjacent to an activating group) is 1. The highest BCUT2D eigenvalue weighted by atomic mass is 16.5. The molecule has 0 saturated carbocycles. The van der Waals surface area contributed by atoms with E-state index in [9.17, 15) is 4.79 Å². The topological polar surface area (TPSA) is 93.1 Å². The van der Waals surface area contributed by atoms with Crippen molar-refractivity contribution in [2.24, 2.45) is 0 Å². The SMILES string of the molecule is CNCCNC(=O)N[C@@H](C)c1nncn1CCOC. The Morgan fingerprint density at radius 2 is 2.32 bits per heavy atom. The highest BCUT2D eigenvalue weighted by molar-refractivity contribution is 5.74. The van der Waals surface area contributed by atoms with Gasteiger partial charge in [0, 0.05) is 26.7 Å². The lowest BCUT2D eigenvalue weighted by atomic mass is 10.3. The van der Waals surface area contributed by atoms with E-state index < -0.39 is 0 Å². The summed E-state index contributed by atoms with van der Waals surface area (Å²) >= 11 is 0. The number of rotatable bonds is 8. The molecule has 2 amide bonds. The van der Waals surface area contributed by atoms with Crippen molar-refractivity contribution in [3.8, 4) is 0 Å². The quantitative estimate of drug-likeness (QED) is 0.554. The highest BCUT2D eigenvalue weighted by Gasteiger charge is 2.15. The van der Waals surface area contributed by atoms with Crippen molar-refractivity contribution < 1.29 is 9.53 Å². The lowest BCUT2D eigenvalue weighted by Gasteiger charge is -2.15. The Morgan fingerprint density at radius 3 is 3.00 bits per heavy atom. The molecule has 8 nitrogen and oxygen atoms in total. The number of aromatic nitrogens is 3. The summed E-state index contributed by atoms with van der Waals surface area (Å²) < 4.78 is 6.88. The van der Waals surface area contributed by atoms with E-state index in [0.29, 0.717) is 25.5 Å². The van der Waals surface area contributed by atoms with Crippen LogP contribution in [0.3, 0.4) is 0 Å². The molecule has 3 N–H and O–H groups in total. The Hall–Kier alpha value is -1.67. The second-order valence-corrected chi connectivity index (χ2v) is 4.10. The molecule has 0 aliphatic rings. The Morgan fingerprint density at radius 1 is 1.53 bits per heavy atom. The number of nitrogens with one attached hydrogen (secondary N) is 3. The first-order valence-electron chi connectivity index (χ1n) is 6.24. The lowest BCUT2D eigenvalue weighted by molar-refractivity contribution is 0.185. The van der Waals surface area contributed by atoms with Gasteiger partial charge in [0.25, 0.3) is 0 Å². The maximum atomic E-state index is 11.6. The Labute approximate surface area is 112 Å². The van der Waals surface area contributed by atoms with E-state index in [1.54, 1.807) is 13.4 Å². The number of methoxy groups -OCH3 is 1. The molecule has 1 atom stereocenters. The predicted molar refractivity (Wildman–Crippen MR) is 70.8 cm³/mol. The lowest BCUT2D eigenvalue weighted by Crippen LogP contribution is -2.40. The summed E-state index contributed by atoms with van der Waals surface area (Å²) in [7, 11) is 3.47. The number of carbonyl (C=O) groups excluding carboxylic acids is 1. The molecule has 0 aliphatic heterocycles. The van der Waals surface area contributed by atoms with Crippen LogP contribution in [0.2, 0.25) is 0 Å². The van der Waals surface area contributed by atoms with Gasteiger partial charge in [-0.25, -0.2) is 4.79 Å². The molecule has 108 valence electrons. The minimum Gasteiger partial charge on any atom is -0.383 e. The second-order valence-electron chi connectivity index (χ2n) is 4.10. The van der Waals surface area contributed by atoms with Crippen molar-refractivity contribution in [1.29, 1.82) is 0 Å². The third-order valence-corrected chi connectivity index (χ3v) is 2.58. The number of hydrogen-bond acceptors (Lipinski definition) is 5. The van der Waals surface area contributed by atoms with Gasteiger partial charge in [0.1, 0.15) is 6.33 Å². The average molecular weight is 270 g/mol. The molecule has 0 bridgehead atoms. The van der Waals surface area contributed by atoms with Gasteiger partial charge in [0.05, 0.1) is 12.6 Å². The molecular weight excluding hydrogens is 248 g/mol. The van der Waals surface area contributed by atoms with E-state index in [4.69, 9.17) is 4.74 Å². The van der Waals surface area contributed by atoms with Gasteiger partial charge in [-0.2, -0.15) is 0 Å². The summed E-state index contributed by atoms with van der Waals surface area (Å²) in [6.45, 7) is 4.40. The third-order valence-electron chi connectivity index (χ3n) is 2.58. The summed E-state index contributed by atoms with van der Waals surface area (Å²) in [5.74, 6) is 0.709. The predicted octanol–water partition coefficient (Wildman–Crippen LogP) is -0.496. The van der Waals surface area contributed by atoms with Crippen molar-refractivity contribution in [1.82, 2.24) is 30.7 Å². The first-order valence-corrected chi connectivity index (χ1v) is 6.24. The Bertz CT molecular complexity index is 381. The van der Waals surface area contributed by atoms with Crippen molar-refractivity contribution in [2.45, 2.75) is 19.5 Å². The number of ether oxygens (including phenoxy) is 1. The minimum atomic E-state index is -0.218. The fraction of sp³-hybridized carbons (Fsp3) is 0.727. The van der Waals surface area contributed by atoms with Gasteiger partial charge < -0.3 is 25.3 Å². The van der Waals surface area contributed by atoms with Crippen LogP contribution in [-0.4, -0.2) is 54.6 Å². The number of carbonyl (C=O) groups is 1. The minimum absolute atomic E-state index is 0.214. The largest absolute Gasteiger partial charge is 0.383 e. The van der Waals surface area contributed by atoms with Crippen LogP contribution < -0.4 is 16.0 Å². The number of urea groups is 1. The van der Waals surface area contributed by atoms with Gasteiger partial charge in [0.2, 0.25) is 0 Å². The van der Waals surface area contributed by atoms with Crippen LogP contribution in [0.5, 0.6) is 0 Å². The van der Waals surface area contributed by atoms with Crippen LogP contribution in [0.25, 0.3) is 0 Å². The fourth-order valence-corrected chi connectivity index (χ4v) is 1.57. The standard InChI is InChI=1S/C11H22N6O2/c1-9(15-11(18)13-5-4-12-2)10-16-14-8-17(10)6-7-19-3/h8-9,12H,4-7H2,1-3H3,(H2,13,15,18)/t9-/m0/s1. The molecule has 0 radical (unpaired) electrons. The first kappa shape index (κ1) is 15.4. The van der Waals surface area contributed by atoms with Crippen LogP contribution in [0.15, 0.2) is 6.33 Å². The van der Waals surface area contributed by atoms with Crippen LogP contribution in [0, 0.1) is 0 Å². The normalized spacial score (nSPS) is 12.2. The van der Waals surface area contributed by atoms with Crippen LogP contribution in [-0.2, 0) is 11.3 Å². The van der Waals surface area contributed by atoms with Crippen LogP contribution >= 0.6 is 0 Å². The summed E-state index contributed by atoms with van der Waals surface area (Å²) in [5.41, 5.74) is 0. The molecule has 0 saturated heterocycles. The summed E-state index contributed by atoms with van der Waals surface area (Å²) in [6.07, 6.45) is 1.63. The van der Waals surface area contributed by atoms with Crippen molar-refractivity contribution in [2.75, 3.05) is 33.9 Å². The Balaban J connectivity index is 2.46.